The minimum atomic E-state index is -4.72. The highest BCUT2D eigenvalue weighted by Crippen LogP contribution is 2.25. The van der Waals surface area contributed by atoms with Gasteiger partial charge in [-0.05, 0) is 35.4 Å². The molecule has 0 unspecified atom stereocenters. The van der Waals surface area contributed by atoms with Crippen LogP contribution in [0.25, 0.3) is 0 Å². The third kappa shape index (κ3) is 7.10. The molecule has 1 aromatic heterocycles. The van der Waals surface area contributed by atoms with Gasteiger partial charge in [-0.2, -0.15) is 0 Å². The summed E-state index contributed by atoms with van der Waals surface area (Å²) >= 11 is 1.28. The van der Waals surface area contributed by atoms with Crippen LogP contribution < -0.4 is 15.4 Å². The van der Waals surface area contributed by atoms with E-state index in [-0.39, 0.29) is 17.6 Å². The molecule has 10 heteroatoms. The topological polar surface area (TPSA) is 80.3 Å². The van der Waals surface area contributed by atoms with Crippen LogP contribution in [0.2, 0.25) is 0 Å². The van der Waals surface area contributed by atoms with Crippen molar-refractivity contribution < 1.29 is 27.5 Å². The molecule has 1 heterocycles. The smallest absolute Gasteiger partial charge is 0.406 e. The second-order valence-electron chi connectivity index (χ2n) is 6.56. The molecule has 0 spiro atoms. The molecule has 0 saturated heterocycles. The average Bonchev–Trinajstić information content (AvgIpc) is 3.14. The fourth-order valence-electron chi connectivity index (χ4n) is 2.63. The van der Waals surface area contributed by atoms with Gasteiger partial charge in [0.25, 0.3) is 5.91 Å². The molecule has 0 radical (unpaired) electrons. The maximum absolute atomic E-state index is 12.4. The van der Waals surface area contributed by atoms with Crippen molar-refractivity contribution in [3.63, 3.8) is 0 Å². The van der Waals surface area contributed by atoms with Crippen molar-refractivity contribution in [2.75, 3.05) is 5.32 Å². The summed E-state index contributed by atoms with van der Waals surface area (Å²) in [6.07, 6.45) is -2.66. The number of amides is 2. The number of alkyl halides is 3. The summed E-state index contributed by atoms with van der Waals surface area (Å²) in [5, 5.41) is 5.82. The number of benzene rings is 2. The predicted octanol–water partition coefficient (Wildman–Crippen LogP) is 4.52. The normalized spacial score (nSPS) is 11.1. The van der Waals surface area contributed by atoms with Gasteiger partial charge < -0.3 is 10.1 Å². The Morgan fingerprint density at radius 3 is 2.29 bits per heavy atom. The van der Waals surface area contributed by atoms with E-state index in [2.05, 4.69) is 20.4 Å². The lowest BCUT2D eigenvalue weighted by Crippen LogP contribution is -2.19. The molecule has 0 fully saturated rings. The molecule has 31 heavy (non-hydrogen) atoms. The minimum absolute atomic E-state index is 0.132. The number of carbonyl (C=O) groups is 2. The molecule has 0 aliphatic rings. The van der Waals surface area contributed by atoms with Crippen LogP contribution in [0.5, 0.6) is 5.75 Å². The van der Waals surface area contributed by atoms with Crippen LogP contribution in [-0.2, 0) is 17.8 Å². The predicted molar refractivity (Wildman–Crippen MR) is 110 cm³/mol. The Morgan fingerprint density at radius 1 is 1.03 bits per heavy atom. The summed E-state index contributed by atoms with van der Waals surface area (Å²) in [7, 11) is 0. The molecule has 0 aliphatic heterocycles. The maximum Gasteiger partial charge on any atom is 0.573 e. The summed E-state index contributed by atoms with van der Waals surface area (Å²) in [6, 6.07) is 12.4. The lowest BCUT2D eigenvalue weighted by atomic mass is 10.1. The van der Waals surface area contributed by atoms with E-state index < -0.39 is 6.36 Å². The van der Waals surface area contributed by atoms with Crippen LogP contribution in [0.3, 0.4) is 0 Å². The van der Waals surface area contributed by atoms with Crippen LogP contribution in [0, 0.1) is 0 Å². The number of rotatable bonds is 7. The number of nitrogens with zero attached hydrogens (tertiary/aromatic N) is 1. The third-order valence-corrected chi connectivity index (χ3v) is 4.98. The van der Waals surface area contributed by atoms with Crippen molar-refractivity contribution in [2.45, 2.75) is 26.3 Å². The quantitative estimate of drug-likeness (QED) is 0.556. The molecule has 2 aromatic carbocycles. The number of aromatic nitrogens is 1. The molecule has 0 saturated carbocycles. The van der Waals surface area contributed by atoms with Gasteiger partial charge in [0, 0.05) is 36.5 Å². The van der Waals surface area contributed by atoms with Gasteiger partial charge in [0.2, 0.25) is 5.91 Å². The lowest BCUT2D eigenvalue weighted by molar-refractivity contribution is -0.274. The Kier molecular flexibility index (Phi) is 6.91. The molecule has 0 atom stereocenters. The van der Waals surface area contributed by atoms with Gasteiger partial charge in [-0.1, -0.05) is 24.3 Å². The zero-order chi connectivity index (χ0) is 22.4. The van der Waals surface area contributed by atoms with Crippen LogP contribution in [0.4, 0.5) is 18.3 Å². The Labute approximate surface area is 180 Å². The van der Waals surface area contributed by atoms with Crippen LogP contribution in [0.1, 0.15) is 33.3 Å². The zero-order valence-electron chi connectivity index (χ0n) is 16.3. The number of nitrogens with one attached hydrogen (secondary N) is 2. The van der Waals surface area contributed by atoms with E-state index in [0.717, 1.165) is 16.0 Å². The van der Waals surface area contributed by atoms with Crippen molar-refractivity contribution >= 4 is 28.3 Å². The van der Waals surface area contributed by atoms with Gasteiger partial charge in [-0.3, -0.25) is 14.9 Å². The number of anilines is 1. The third-order valence-electron chi connectivity index (χ3n) is 4.07. The van der Waals surface area contributed by atoms with Gasteiger partial charge in [0.1, 0.15) is 5.75 Å². The molecule has 0 aliphatic carbocycles. The molecule has 2 amide bonds. The van der Waals surface area contributed by atoms with Crippen molar-refractivity contribution in [3.8, 4) is 5.75 Å². The molecule has 2 N–H and O–H groups in total. The summed E-state index contributed by atoms with van der Waals surface area (Å²) < 4.78 is 40.5. The van der Waals surface area contributed by atoms with E-state index in [4.69, 9.17) is 0 Å². The first kappa shape index (κ1) is 22.3. The van der Waals surface area contributed by atoms with Gasteiger partial charge in [-0.25, -0.2) is 4.98 Å². The summed E-state index contributed by atoms with van der Waals surface area (Å²) in [5.41, 5.74) is 2.10. The fourth-order valence-corrected chi connectivity index (χ4v) is 3.47. The van der Waals surface area contributed by atoms with E-state index in [0.29, 0.717) is 23.7 Å². The van der Waals surface area contributed by atoms with Gasteiger partial charge >= 0.3 is 6.36 Å². The highest BCUT2D eigenvalue weighted by molar-refractivity contribution is 7.15. The van der Waals surface area contributed by atoms with Crippen LogP contribution >= 0.6 is 11.3 Å². The number of halogens is 3. The highest BCUT2D eigenvalue weighted by Gasteiger charge is 2.30. The average molecular weight is 449 g/mol. The van der Waals surface area contributed by atoms with Crippen molar-refractivity contribution in [2.24, 2.45) is 0 Å². The summed E-state index contributed by atoms with van der Waals surface area (Å²) in [6.45, 7) is 1.82. The lowest BCUT2D eigenvalue weighted by Gasteiger charge is -2.08. The Balaban J connectivity index is 1.56. The monoisotopic (exact) mass is 449 g/mol. The first-order chi connectivity index (χ1) is 14.7. The van der Waals surface area contributed by atoms with Crippen LogP contribution in [-0.4, -0.2) is 23.2 Å². The standard InChI is InChI=1S/C21H18F3N3O3S/c1-13(28)25-11-15-2-6-16(7-3-15)19(29)27-20-26-12-18(31-20)10-14-4-8-17(9-5-14)30-21(22,23)24/h2-9,12H,10-11H2,1H3,(H,25,28)(H,26,27,29). The number of hydrogen-bond donors (Lipinski definition) is 2. The summed E-state index contributed by atoms with van der Waals surface area (Å²) in [5.74, 6) is -0.732. The summed E-state index contributed by atoms with van der Waals surface area (Å²) in [4.78, 5) is 28.4. The molecule has 0 bridgehead atoms. The van der Waals surface area contributed by atoms with Crippen molar-refractivity contribution in [1.82, 2.24) is 10.3 Å². The Bertz CT molecular complexity index is 1050. The van der Waals surface area contributed by atoms with Gasteiger partial charge in [0.15, 0.2) is 5.13 Å². The van der Waals surface area contributed by atoms with Crippen LogP contribution in [0.15, 0.2) is 54.7 Å². The van der Waals surface area contributed by atoms with E-state index in [9.17, 15) is 22.8 Å². The highest BCUT2D eigenvalue weighted by atomic mass is 32.1. The second-order valence-corrected chi connectivity index (χ2v) is 7.68. The first-order valence-electron chi connectivity index (χ1n) is 9.12. The SMILES string of the molecule is CC(=O)NCc1ccc(C(=O)Nc2ncc(Cc3ccc(OC(F)(F)F)cc3)s2)cc1. The minimum Gasteiger partial charge on any atom is -0.406 e. The van der Waals surface area contributed by atoms with Gasteiger partial charge in [-0.15, -0.1) is 24.5 Å². The number of carbonyl (C=O) groups excluding carboxylic acids is 2. The zero-order valence-corrected chi connectivity index (χ0v) is 17.1. The largest absolute Gasteiger partial charge is 0.573 e. The molecule has 162 valence electrons. The Hall–Kier alpha value is -3.40. The number of ether oxygens (including phenoxy) is 1. The van der Waals surface area contributed by atoms with Crippen molar-refractivity contribution in [3.05, 3.63) is 76.3 Å². The number of thiazole rings is 1. The molecule has 6 nitrogen and oxygen atoms in total. The van der Waals surface area contributed by atoms with E-state index in [1.54, 1.807) is 42.6 Å². The van der Waals surface area contributed by atoms with Gasteiger partial charge in [0.05, 0.1) is 0 Å². The first-order valence-corrected chi connectivity index (χ1v) is 9.94. The molecule has 3 aromatic rings. The number of hydrogen-bond acceptors (Lipinski definition) is 5. The molecular weight excluding hydrogens is 431 g/mol. The second kappa shape index (κ2) is 9.61. The maximum atomic E-state index is 12.4. The molecule has 3 rings (SSSR count). The van der Waals surface area contributed by atoms with Crippen molar-refractivity contribution in [1.29, 1.82) is 0 Å². The van der Waals surface area contributed by atoms with E-state index >= 15 is 0 Å². The molecular formula is C21H18F3N3O3S. The fraction of sp³-hybridized carbons (Fsp3) is 0.190. The Morgan fingerprint density at radius 2 is 1.68 bits per heavy atom. The van der Waals surface area contributed by atoms with E-state index in [1.165, 1.54) is 30.4 Å². The van der Waals surface area contributed by atoms with E-state index in [1.807, 2.05) is 0 Å².